The molecule has 0 rings (SSSR count). The predicted molar refractivity (Wildman–Crippen MR) is 149 cm³/mol. The third-order valence-electron chi connectivity index (χ3n) is 2.25. The van der Waals surface area contributed by atoms with E-state index < -0.39 is 49.4 Å². The first-order valence-corrected chi connectivity index (χ1v) is 31.5. The largest absolute Gasteiger partial charge is 0.360 e. The standard InChI is InChI=1S/3C6H19NSi2.La/c3*1-8(2,3)7-9(4,5)6;/h3*7H,1-6H3;. The van der Waals surface area contributed by atoms with Crippen LogP contribution in [0.15, 0.2) is 0 Å². The second kappa shape index (κ2) is 13.8. The van der Waals surface area contributed by atoms with Crippen LogP contribution in [0.5, 0.6) is 0 Å². The van der Waals surface area contributed by atoms with E-state index >= 15 is 0 Å². The Morgan fingerprint density at radius 3 is 0.321 bits per heavy atom. The van der Waals surface area contributed by atoms with E-state index in [9.17, 15) is 0 Å². The molecule has 10 heteroatoms. The van der Waals surface area contributed by atoms with Crippen LogP contribution in [-0.4, -0.2) is 49.4 Å². The van der Waals surface area contributed by atoms with E-state index in [0.717, 1.165) is 0 Å². The summed E-state index contributed by atoms with van der Waals surface area (Å²) < 4.78 is 11.2. The number of nitrogens with one attached hydrogen (secondary N) is 3. The Labute approximate surface area is 214 Å². The maximum absolute atomic E-state index is 3.74. The normalized spacial score (nSPS) is 13.5. The van der Waals surface area contributed by atoms with Gasteiger partial charge in [0, 0.05) is 35.6 Å². The van der Waals surface area contributed by atoms with Crippen LogP contribution in [-0.2, 0) is 0 Å². The molecule has 0 saturated heterocycles. The molecule has 0 aromatic rings. The minimum atomic E-state index is -0.981. The van der Waals surface area contributed by atoms with Gasteiger partial charge < -0.3 is 13.9 Å². The Balaban J connectivity index is -0.000000152. The molecule has 0 aromatic carbocycles. The summed E-state index contributed by atoms with van der Waals surface area (Å²) in [7, 11) is -5.89. The first-order valence-electron chi connectivity index (χ1n) is 10.5. The van der Waals surface area contributed by atoms with Gasteiger partial charge in [-0.15, -0.1) is 0 Å². The average Bonchev–Trinajstić information content (AvgIpc) is 1.96. The van der Waals surface area contributed by atoms with Crippen LogP contribution in [0, 0.1) is 35.6 Å². The molecule has 0 amide bonds. The molecule has 0 fully saturated rings. The molecule has 0 bridgehead atoms. The van der Waals surface area contributed by atoms with Crippen LogP contribution < -0.4 is 13.9 Å². The topological polar surface area (TPSA) is 36.1 Å². The van der Waals surface area contributed by atoms with Crippen LogP contribution in [0.4, 0.5) is 0 Å². The van der Waals surface area contributed by atoms with Crippen molar-refractivity contribution in [1.29, 1.82) is 0 Å². The number of hydrogen-bond acceptors (Lipinski definition) is 3. The quantitative estimate of drug-likeness (QED) is 0.287. The van der Waals surface area contributed by atoms with Crippen LogP contribution in [0.1, 0.15) is 0 Å². The van der Waals surface area contributed by atoms with Gasteiger partial charge in [-0.3, -0.25) is 0 Å². The first-order chi connectivity index (χ1) is 11.1. The zero-order valence-electron chi connectivity index (χ0n) is 23.1. The molecule has 0 saturated carbocycles. The van der Waals surface area contributed by atoms with E-state index in [0.29, 0.717) is 0 Å². The van der Waals surface area contributed by atoms with E-state index in [-0.39, 0.29) is 35.6 Å². The Morgan fingerprint density at radius 1 is 0.250 bits per heavy atom. The van der Waals surface area contributed by atoms with Crippen molar-refractivity contribution in [1.82, 2.24) is 13.9 Å². The Morgan fingerprint density at radius 2 is 0.321 bits per heavy atom. The molecule has 1 radical (unpaired) electrons. The summed E-state index contributed by atoms with van der Waals surface area (Å²) in [6, 6.07) is 0. The smallest absolute Gasteiger partial charge is 0.109 e. The van der Waals surface area contributed by atoms with Gasteiger partial charge in [0.2, 0.25) is 0 Å². The Hall–Kier alpha value is 2.38. The summed E-state index contributed by atoms with van der Waals surface area (Å²) in [5, 5.41) is 0. The van der Waals surface area contributed by atoms with E-state index in [1.165, 1.54) is 0 Å². The van der Waals surface area contributed by atoms with Crippen LogP contribution in [0.25, 0.3) is 0 Å². The minimum absolute atomic E-state index is 0. The molecule has 0 aromatic heterocycles. The number of hydrogen-bond donors (Lipinski definition) is 3. The summed E-state index contributed by atoms with van der Waals surface area (Å²) >= 11 is 0. The second-order valence-electron chi connectivity index (χ2n) is 13.9. The molecule has 28 heavy (non-hydrogen) atoms. The van der Waals surface area contributed by atoms with Crippen molar-refractivity contribution in [3.8, 4) is 0 Å². The van der Waals surface area contributed by atoms with Gasteiger partial charge in [0.05, 0.1) is 0 Å². The fraction of sp³-hybridized carbons (Fsp3) is 1.00. The van der Waals surface area contributed by atoms with Gasteiger partial charge >= 0.3 is 0 Å². The van der Waals surface area contributed by atoms with Crippen molar-refractivity contribution >= 4 is 49.4 Å². The molecule has 0 atom stereocenters. The van der Waals surface area contributed by atoms with Gasteiger partial charge in [0.15, 0.2) is 0 Å². The zero-order chi connectivity index (χ0) is 23.1. The van der Waals surface area contributed by atoms with Gasteiger partial charge in [-0.1, -0.05) is 118 Å². The van der Waals surface area contributed by atoms with E-state index in [1.807, 2.05) is 0 Å². The van der Waals surface area contributed by atoms with Crippen molar-refractivity contribution in [2.45, 2.75) is 118 Å². The van der Waals surface area contributed by atoms with Crippen molar-refractivity contribution < 1.29 is 35.6 Å². The molecule has 0 spiro atoms. The van der Waals surface area contributed by atoms with Crippen molar-refractivity contribution in [2.75, 3.05) is 0 Å². The first kappa shape index (κ1) is 37.7. The molecule has 0 aliphatic carbocycles. The van der Waals surface area contributed by atoms with Gasteiger partial charge in [0.25, 0.3) is 0 Å². The molecular weight excluding hydrogens is 566 g/mol. The molecule has 0 unspecified atom stereocenters. The summed E-state index contributed by atoms with van der Waals surface area (Å²) in [6.07, 6.45) is 0. The monoisotopic (exact) mass is 622 g/mol. The molecule has 3 N–H and O–H groups in total. The molecule has 0 aliphatic rings. The van der Waals surface area contributed by atoms with Crippen LogP contribution in [0.2, 0.25) is 118 Å². The molecule has 3 nitrogen and oxygen atoms in total. The van der Waals surface area contributed by atoms with Crippen molar-refractivity contribution in [2.24, 2.45) is 0 Å². The van der Waals surface area contributed by atoms with Crippen LogP contribution in [0.3, 0.4) is 0 Å². The third kappa shape index (κ3) is 51.2. The van der Waals surface area contributed by atoms with Crippen molar-refractivity contribution in [3.05, 3.63) is 0 Å². The van der Waals surface area contributed by atoms with Crippen molar-refractivity contribution in [3.63, 3.8) is 0 Å². The minimum Gasteiger partial charge on any atom is -0.360 e. The fourth-order valence-electron chi connectivity index (χ4n) is 3.38. The summed E-state index contributed by atoms with van der Waals surface area (Å²) in [5.74, 6) is 0. The van der Waals surface area contributed by atoms with Crippen LogP contribution >= 0.6 is 0 Å². The van der Waals surface area contributed by atoms with Gasteiger partial charge in [0.1, 0.15) is 49.4 Å². The third-order valence-corrected chi connectivity index (χ3v) is 20.2. The van der Waals surface area contributed by atoms with Gasteiger partial charge in [-0.25, -0.2) is 0 Å². The summed E-state index contributed by atoms with van der Waals surface area (Å²) in [6.45, 7) is 42.3. The summed E-state index contributed by atoms with van der Waals surface area (Å²) in [4.78, 5) is 0. The molecular formula is C18H57LaN3Si6. The molecule has 171 valence electrons. The number of rotatable bonds is 6. The molecule has 0 aliphatic heterocycles. The van der Waals surface area contributed by atoms with Gasteiger partial charge in [-0.05, 0) is 0 Å². The Kier molecular flexibility index (Phi) is 18.6. The second-order valence-corrected chi connectivity index (χ2v) is 43.9. The fourth-order valence-corrected chi connectivity index (χ4v) is 30.4. The maximum Gasteiger partial charge on any atom is 0.109 e. The maximum atomic E-state index is 3.74. The van der Waals surface area contributed by atoms with E-state index in [4.69, 9.17) is 0 Å². The van der Waals surface area contributed by atoms with Gasteiger partial charge in [-0.2, -0.15) is 0 Å². The average molecular weight is 623 g/mol. The van der Waals surface area contributed by atoms with E-state index in [2.05, 4.69) is 132 Å². The summed E-state index contributed by atoms with van der Waals surface area (Å²) in [5.41, 5.74) is 0. The Bertz CT molecular complexity index is 297. The SMILES string of the molecule is C[Si](C)(C)N[Si](C)(C)C.C[Si](C)(C)N[Si](C)(C)C.C[Si](C)(C)N[Si](C)(C)C.[La]. The van der Waals surface area contributed by atoms with E-state index in [1.54, 1.807) is 0 Å². The molecule has 0 heterocycles. The zero-order valence-corrected chi connectivity index (χ0v) is 32.7. The predicted octanol–water partition coefficient (Wildman–Crippen LogP) is 6.74.